The van der Waals surface area contributed by atoms with Gasteiger partial charge in [-0.15, -0.1) is 11.8 Å². The lowest BCUT2D eigenvalue weighted by atomic mass is 10.1. The molecule has 1 heterocycles. The first-order valence-corrected chi connectivity index (χ1v) is 11.0. The van der Waals surface area contributed by atoms with Crippen LogP contribution in [0.25, 0.3) is 10.8 Å². The van der Waals surface area contributed by atoms with Gasteiger partial charge in [0.15, 0.2) is 0 Å². The van der Waals surface area contributed by atoms with Crippen LogP contribution in [0, 0.1) is 0 Å². The zero-order valence-corrected chi connectivity index (χ0v) is 16.2. The van der Waals surface area contributed by atoms with Crippen LogP contribution in [0.4, 0.5) is 11.4 Å². The van der Waals surface area contributed by atoms with Crippen LogP contribution < -0.4 is 10.0 Å². The first-order valence-electron chi connectivity index (χ1n) is 8.60. The lowest BCUT2D eigenvalue weighted by Crippen LogP contribution is -2.28. The molecule has 0 aromatic heterocycles. The van der Waals surface area contributed by atoms with Gasteiger partial charge in [-0.05, 0) is 36.1 Å². The molecule has 1 aliphatic rings. The number of carbonyl (C=O) groups excluding carboxylic acids is 1. The topological polar surface area (TPSA) is 75.3 Å². The number of thioether (sulfide) groups is 1. The zero-order valence-electron chi connectivity index (χ0n) is 14.6. The van der Waals surface area contributed by atoms with E-state index in [1.54, 1.807) is 18.2 Å². The monoisotopic (exact) mass is 398 g/mol. The normalized spacial score (nSPS) is 16.6. The molecule has 27 heavy (non-hydrogen) atoms. The largest absolute Gasteiger partial charge is 0.324 e. The molecule has 0 aliphatic carbocycles. The molecule has 3 aromatic rings. The molecule has 2 N–H and O–H groups in total. The van der Waals surface area contributed by atoms with Crippen molar-refractivity contribution in [1.29, 1.82) is 0 Å². The second-order valence-electron chi connectivity index (χ2n) is 6.29. The number of anilines is 2. The summed E-state index contributed by atoms with van der Waals surface area (Å²) in [6, 6.07) is 17.9. The lowest BCUT2D eigenvalue weighted by Gasteiger charge is -2.23. The van der Waals surface area contributed by atoms with Gasteiger partial charge in [0.05, 0.1) is 21.5 Å². The van der Waals surface area contributed by atoms with Crippen LogP contribution in [0.15, 0.2) is 70.5 Å². The van der Waals surface area contributed by atoms with E-state index >= 15 is 0 Å². The highest BCUT2D eigenvalue weighted by molar-refractivity contribution is 8.01. The summed E-state index contributed by atoms with van der Waals surface area (Å²) in [6.07, 6.45) is 0.721. The van der Waals surface area contributed by atoms with Crippen molar-refractivity contribution in [2.75, 3.05) is 10.0 Å². The molecule has 0 spiro atoms. The fourth-order valence-electron chi connectivity index (χ4n) is 3.08. The van der Waals surface area contributed by atoms with Gasteiger partial charge in [-0.1, -0.05) is 43.3 Å². The summed E-state index contributed by atoms with van der Waals surface area (Å²) in [6.45, 7) is 1.95. The van der Waals surface area contributed by atoms with Crippen LogP contribution in [0.1, 0.15) is 13.3 Å². The number of carbonyl (C=O) groups is 1. The Bertz CT molecular complexity index is 1140. The van der Waals surface area contributed by atoms with Gasteiger partial charge in [-0.3, -0.25) is 9.52 Å². The average molecular weight is 399 g/mol. The van der Waals surface area contributed by atoms with E-state index < -0.39 is 10.0 Å². The number of nitrogens with one attached hydrogen (secondary N) is 2. The molecule has 0 bridgehead atoms. The fourth-order valence-corrected chi connectivity index (χ4v) is 5.21. The predicted molar refractivity (Wildman–Crippen MR) is 110 cm³/mol. The summed E-state index contributed by atoms with van der Waals surface area (Å²) in [5, 5.41) is 4.46. The second kappa shape index (κ2) is 6.90. The van der Waals surface area contributed by atoms with Crippen LogP contribution in [-0.2, 0) is 14.8 Å². The van der Waals surface area contributed by atoms with Gasteiger partial charge < -0.3 is 5.32 Å². The van der Waals surface area contributed by atoms with Gasteiger partial charge in [0.1, 0.15) is 0 Å². The van der Waals surface area contributed by atoms with Crippen molar-refractivity contribution in [1.82, 2.24) is 0 Å². The van der Waals surface area contributed by atoms with E-state index in [0.29, 0.717) is 11.4 Å². The van der Waals surface area contributed by atoms with Crippen molar-refractivity contribution < 1.29 is 13.2 Å². The Morgan fingerprint density at radius 3 is 2.67 bits per heavy atom. The van der Waals surface area contributed by atoms with Crippen molar-refractivity contribution in [2.45, 2.75) is 28.4 Å². The Kier molecular flexibility index (Phi) is 4.57. The maximum Gasteiger partial charge on any atom is 0.261 e. The molecule has 0 unspecified atom stereocenters. The van der Waals surface area contributed by atoms with Crippen molar-refractivity contribution >= 4 is 49.8 Å². The van der Waals surface area contributed by atoms with Crippen LogP contribution in [-0.4, -0.2) is 19.6 Å². The van der Waals surface area contributed by atoms with Crippen molar-refractivity contribution in [3.8, 4) is 0 Å². The van der Waals surface area contributed by atoms with E-state index in [2.05, 4.69) is 10.0 Å². The third kappa shape index (κ3) is 3.40. The highest BCUT2D eigenvalue weighted by Gasteiger charge is 2.27. The van der Waals surface area contributed by atoms with Gasteiger partial charge in [-0.2, -0.15) is 0 Å². The molecule has 1 atom stereocenters. The number of amides is 1. The number of hydrogen-bond donors (Lipinski definition) is 2. The average Bonchev–Trinajstić information content (AvgIpc) is 2.67. The molecule has 1 aliphatic heterocycles. The van der Waals surface area contributed by atoms with Crippen molar-refractivity contribution in [3.63, 3.8) is 0 Å². The number of benzene rings is 3. The van der Waals surface area contributed by atoms with E-state index in [1.165, 1.54) is 17.8 Å². The van der Waals surface area contributed by atoms with Crippen molar-refractivity contribution in [3.05, 3.63) is 60.7 Å². The van der Waals surface area contributed by atoms with Crippen LogP contribution >= 0.6 is 11.8 Å². The third-order valence-electron chi connectivity index (χ3n) is 4.49. The first-order chi connectivity index (χ1) is 13.0. The Hall–Kier alpha value is -2.51. The van der Waals surface area contributed by atoms with E-state index in [1.807, 2.05) is 43.3 Å². The molecule has 7 heteroatoms. The summed E-state index contributed by atoms with van der Waals surface area (Å²) < 4.78 is 28.5. The third-order valence-corrected chi connectivity index (χ3v) is 7.29. The first kappa shape index (κ1) is 17.9. The number of rotatable bonds is 4. The molecule has 5 nitrogen and oxygen atoms in total. The summed E-state index contributed by atoms with van der Waals surface area (Å²) in [5.41, 5.74) is 1.06. The number of sulfonamides is 1. The van der Waals surface area contributed by atoms with Crippen molar-refractivity contribution in [2.24, 2.45) is 0 Å². The SMILES string of the molecule is CC[C@H]1Sc2ccc(S(=O)(=O)Nc3cccc4ccccc34)cc2NC1=O. The minimum atomic E-state index is -3.79. The molecule has 138 valence electrons. The van der Waals surface area contributed by atoms with Crippen LogP contribution in [0.3, 0.4) is 0 Å². The summed E-state index contributed by atoms with van der Waals surface area (Å²) in [4.78, 5) is 13.1. The van der Waals surface area contributed by atoms with Gasteiger partial charge in [-0.25, -0.2) is 8.42 Å². The highest BCUT2D eigenvalue weighted by atomic mass is 32.2. The van der Waals surface area contributed by atoms with E-state index in [0.717, 1.165) is 22.1 Å². The molecule has 1 amide bonds. The smallest absolute Gasteiger partial charge is 0.261 e. The molecule has 0 fully saturated rings. The Morgan fingerprint density at radius 2 is 1.85 bits per heavy atom. The van der Waals surface area contributed by atoms with E-state index in [4.69, 9.17) is 0 Å². The summed E-state index contributed by atoms with van der Waals surface area (Å²) in [5.74, 6) is -0.0911. The van der Waals surface area contributed by atoms with Gasteiger partial charge in [0.2, 0.25) is 5.91 Å². The lowest BCUT2D eigenvalue weighted by molar-refractivity contribution is -0.115. The molecule has 4 rings (SSSR count). The van der Waals surface area contributed by atoms with Crippen LogP contribution in [0.2, 0.25) is 0 Å². The predicted octanol–water partition coefficient (Wildman–Crippen LogP) is 4.46. The molecule has 0 radical (unpaired) electrons. The van der Waals surface area contributed by atoms with E-state index in [9.17, 15) is 13.2 Å². The molecule has 0 saturated heterocycles. The Morgan fingerprint density at radius 1 is 1.07 bits per heavy atom. The Labute approximate surface area is 162 Å². The molecule has 3 aromatic carbocycles. The van der Waals surface area contributed by atoms with Gasteiger partial charge in [0.25, 0.3) is 10.0 Å². The minimum absolute atomic E-state index is 0.0911. The number of hydrogen-bond acceptors (Lipinski definition) is 4. The maximum atomic E-state index is 12.9. The van der Waals surface area contributed by atoms with Crippen LogP contribution in [0.5, 0.6) is 0 Å². The fraction of sp³-hybridized carbons (Fsp3) is 0.150. The zero-order chi connectivity index (χ0) is 19.0. The van der Waals surface area contributed by atoms with Gasteiger partial charge >= 0.3 is 0 Å². The summed E-state index contributed by atoms with van der Waals surface area (Å²) >= 11 is 1.46. The number of fused-ring (bicyclic) bond motifs is 2. The molecular weight excluding hydrogens is 380 g/mol. The minimum Gasteiger partial charge on any atom is -0.324 e. The maximum absolute atomic E-state index is 12.9. The molecular formula is C20H18N2O3S2. The Balaban J connectivity index is 1.69. The molecule has 0 saturated carbocycles. The second-order valence-corrected chi connectivity index (χ2v) is 9.22. The standard InChI is InChI=1S/C20H18N2O3S2/c1-2-18-20(23)21-17-12-14(10-11-19(17)26-18)27(24,25)22-16-9-5-7-13-6-3-4-8-15(13)16/h3-12,18,22H,2H2,1H3,(H,21,23)/t18-/m1/s1. The quantitative estimate of drug-likeness (QED) is 0.680. The summed E-state index contributed by atoms with van der Waals surface area (Å²) in [7, 11) is -3.79. The highest BCUT2D eigenvalue weighted by Crippen LogP contribution is 2.38. The van der Waals surface area contributed by atoms with Gasteiger partial charge in [0, 0.05) is 10.3 Å². The van der Waals surface area contributed by atoms with E-state index in [-0.39, 0.29) is 16.1 Å².